The molecular weight excluding hydrogens is 230 g/mol. The molecule has 0 radical (unpaired) electrons. The zero-order valence-corrected chi connectivity index (χ0v) is 11.0. The predicted octanol–water partition coefficient (Wildman–Crippen LogP) is 2.80. The summed E-state index contributed by atoms with van der Waals surface area (Å²) in [4.78, 5) is 0. The highest BCUT2D eigenvalue weighted by Gasteiger charge is 2.13. The highest BCUT2D eigenvalue weighted by Crippen LogP contribution is 2.26. The van der Waals surface area contributed by atoms with Gasteiger partial charge in [0.25, 0.3) is 0 Å². The molecule has 0 fully saturated rings. The molecule has 0 amide bonds. The Morgan fingerprint density at radius 3 is 2.71 bits per heavy atom. The molecule has 0 spiro atoms. The van der Waals surface area contributed by atoms with Gasteiger partial charge in [0.1, 0.15) is 10.0 Å². The lowest BCUT2D eigenvalue weighted by Gasteiger charge is -2.06. The van der Waals surface area contributed by atoms with Crippen LogP contribution in [0.1, 0.15) is 35.3 Å². The maximum atomic E-state index is 4.27. The maximum absolute atomic E-state index is 4.27. The molecule has 17 heavy (non-hydrogen) atoms. The highest BCUT2D eigenvalue weighted by molar-refractivity contribution is 7.11. The molecule has 1 aromatic carbocycles. The van der Waals surface area contributed by atoms with E-state index in [2.05, 4.69) is 53.6 Å². The summed E-state index contributed by atoms with van der Waals surface area (Å²) in [5.41, 5.74) is 1.29. The van der Waals surface area contributed by atoms with Crippen LogP contribution in [0.15, 0.2) is 30.3 Å². The first-order valence-electron chi connectivity index (χ1n) is 5.89. The normalized spacial score (nSPS) is 12.6. The fourth-order valence-corrected chi connectivity index (χ4v) is 2.52. The van der Waals surface area contributed by atoms with Crippen molar-refractivity contribution in [1.29, 1.82) is 0 Å². The summed E-state index contributed by atoms with van der Waals surface area (Å²) in [5, 5.41) is 13.9. The van der Waals surface area contributed by atoms with Crippen LogP contribution < -0.4 is 5.32 Å². The average Bonchev–Trinajstić information content (AvgIpc) is 2.85. The van der Waals surface area contributed by atoms with Gasteiger partial charge in [-0.2, -0.15) is 0 Å². The van der Waals surface area contributed by atoms with Gasteiger partial charge in [0, 0.05) is 12.5 Å². The van der Waals surface area contributed by atoms with Crippen molar-refractivity contribution in [3.63, 3.8) is 0 Å². The first kappa shape index (κ1) is 12.2. The molecular formula is C13H17N3S. The van der Waals surface area contributed by atoms with Crippen molar-refractivity contribution < 1.29 is 0 Å². The van der Waals surface area contributed by atoms with E-state index in [1.165, 1.54) is 5.56 Å². The van der Waals surface area contributed by atoms with Crippen LogP contribution in [0.3, 0.4) is 0 Å². The van der Waals surface area contributed by atoms with Crippen LogP contribution in [0, 0.1) is 0 Å². The van der Waals surface area contributed by atoms with Crippen molar-refractivity contribution >= 4 is 11.3 Å². The summed E-state index contributed by atoms with van der Waals surface area (Å²) in [5.74, 6) is 0.323. The Labute approximate surface area is 106 Å². The molecule has 90 valence electrons. The zero-order valence-electron chi connectivity index (χ0n) is 10.2. The van der Waals surface area contributed by atoms with Gasteiger partial charge in [-0.15, -0.1) is 10.2 Å². The molecule has 1 N–H and O–H groups in total. The lowest BCUT2D eigenvalue weighted by atomic mass is 10.0. The van der Waals surface area contributed by atoms with E-state index in [0.717, 1.165) is 23.1 Å². The molecule has 1 atom stereocenters. The van der Waals surface area contributed by atoms with E-state index in [-0.39, 0.29) is 0 Å². The van der Waals surface area contributed by atoms with Gasteiger partial charge in [-0.1, -0.05) is 55.5 Å². The van der Waals surface area contributed by atoms with Crippen LogP contribution in [0.2, 0.25) is 0 Å². The Hall–Kier alpha value is -1.26. The third kappa shape index (κ3) is 3.11. The van der Waals surface area contributed by atoms with Gasteiger partial charge in [0.2, 0.25) is 0 Å². The first-order valence-corrected chi connectivity index (χ1v) is 6.71. The molecule has 0 saturated carbocycles. The molecule has 4 heteroatoms. The number of benzene rings is 1. The second-order valence-electron chi connectivity index (χ2n) is 3.95. The van der Waals surface area contributed by atoms with E-state index in [1.807, 2.05) is 6.07 Å². The van der Waals surface area contributed by atoms with E-state index in [4.69, 9.17) is 0 Å². The van der Waals surface area contributed by atoms with Crippen LogP contribution in [0.25, 0.3) is 0 Å². The molecule has 0 aliphatic heterocycles. The topological polar surface area (TPSA) is 37.8 Å². The summed E-state index contributed by atoms with van der Waals surface area (Å²) in [6, 6.07) is 10.4. The molecule has 3 nitrogen and oxygen atoms in total. The van der Waals surface area contributed by atoms with Crippen LogP contribution in [0.5, 0.6) is 0 Å². The summed E-state index contributed by atoms with van der Waals surface area (Å²) in [7, 11) is 0. The Morgan fingerprint density at radius 1 is 1.24 bits per heavy atom. The molecule has 0 bridgehead atoms. The molecule has 2 aromatic rings. The Kier molecular flexibility index (Phi) is 4.23. The van der Waals surface area contributed by atoms with Gasteiger partial charge in [-0.3, -0.25) is 0 Å². The monoisotopic (exact) mass is 247 g/mol. The third-order valence-corrected chi connectivity index (χ3v) is 3.78. The summed E-state index contributed by atoms with van der Waals surface area (Å²) in [6.45, 7) is 6.04. The highest BCUT2D eigenvalue weighted by atomic mass is 32.1. The number of hydrogen-bond acceptors (Lipinski definition) is 4. The number of nitrogens with one attached hydrogen (secondary N) is 1. The number of nitrogens with zero attached hydrogens (tertiary/aromatic N) is 2. The van der Waals surface area contributed by atoms with Crippen molar-refractivity contribution in [2.24, 2.45) is 0 Å². The molecule has 1 aromatic heterocycles. The van der Waals surface area contributed by atoms with Gasteiger partial charge in [0.15, 0.2) is 0 Å². The number of aromatic nitrogens is 2. The van der Waals surface area contributed by atoms with Crippen molar-refractivity contribution in [1.82, 2.24) is 15.5 Å². The minimum absolute atomic E-state index is 0.323. The van der Waals surface area contributed by atoms with Crippen LogP contribution >= 0.6 is 11.3 Å². The lowest BCUT2D eigenvalue weighted by molar-refractivity contribution is 0.713. The van der Waals surface area contributed by atoms with Crippen molar-refractivity contribution in [3.05, 3.63) is 45.9 Å². The second-order valence-corrected chi connectivity index (χ2v) is 5.04. The minimum atomic E-state index is 0.323. The standard InChI is InChI=1S/C13H17N3S/c1-3-14-9-12-15-16-13(17-12)10(2)11-7-5-4-6-8-11/h4-8,10,14H,3,9H2,1-2H3. The Morgan fingerprint density at radius 2 is 2.00 bits per heavy atom. The molecule has 0 saturated heterocycles. The van der Waals surface area contributed by atoms with Crippen molar-refractivity contribution in [3.8, 4) is 0 Å². The van der Waals surface area contributed by atoms with E-state index in [9.17, 15) is 0 Å². The molecule has 1 unspecified atom stereocenters. The van der Waals surface area contributed by atoms with E-state index >= 15 is 0 Å². The fraction of sp³-hybridized carbons (Fsp3) is 0.385. The van der Waals surface area contributed by atoms with Gasteiger partial charge in [0.05, 0.1) is 0 Å². The van der Waals surface area contributed by atoms with E-state index in [0.29, 0.717) is 5.92 Å². The first-order chi connectivity index (χ1) is 8.31. The smallest absolute Gasteiger partial charge is 0.131 e. The van der Waals surface area contributed by atoms with Gasteiger partial charge in [-0.05, 0) is 12.1 Å². The molecule has 0 aliphatic rings. The predicted molar refractivity (Wildman–Crippen MR) is 71.2 cm³/mol. The second kappa shape index (κ2) is 5.89. The molecule has 0 aliphatic carbocycles. The van der Waals surface area contributed by atoms with Crippen molar-refractivity contribution in [2.45, 2.75) is 26.3 Å². The number of rotatable bonds is 5. The van der Waals surface area contributed by atoms with E-state index < -0.39 is 0 Å². The summed E-state index contributed by atoms with van der Waals surface area (Å²) >= 11 is 1.69. The van der Waals surface area contributed by atoms with Crippen LogP contribution in [-0.2, 0) is 6.54 Å². The zero-order chi connectivity index (χ0) is 12.1. The van der Waals surface area contributed by atoms with Crippen LogP contribution in [-0.4, -0.2) is 16.7 Å². The van der Waals surface area contributed by atoms with Crippen molar-refractivity contribution in [2.75, 3.05) is 6.54 Å². The van der Waals surface area contributed by atoms with E-state index in [1.54, 1.807) is 11.3 Å². The summed E-state index contributed by atoms with van der Waals surface area (Å²) in [6.07, 6.45) is 0. The largest absolute Gasteiger partial charge is 0.311 e. The Balaban J connectivity index is 2.09. The van der Waals surface area contributed by atoms with Gasteiger partial charge in [-0.25, -0.2) is 0 Å². The third-order valence-electron chi connectivity index (χ3n) is 2.68. The maximum Gasteiger partial charge on any atom is 0.131 e. The molecule has 2 rings (SSSR count). The Bertz CT molecular complexity index is 453. The molecule has 1 heterocycles. The SMILES string of the molecule is CCNCc1nnc(C(C)c2ccccc2)s1. The van der Waals surface area contributed by atoms with Crippen LogP contribution in [0.4, 0.5) is 0 Å². The minimum Gasteiger partial charge on any atom is -0.311 e. The van der Waals surface area contributed by atoms with Gasteiger partial charge < -0.3 is 5.32 Å². The quantitative estimate of drug-likeness (QED) is 0.883. The summed E-state index contributed by atoms with van der Waals surface area (Å²) < 4.78 is 0. The lowest BCUT2D eigenvalue weighted by Crippen LogP contribution is -2.11. The fourth-order valence-electron chi connectivity index (χ4n) is 1.63. The average molecular weight is 247 g/mol. The number of hydrogen-bond donors (Lipinski definition) is 1. The van der Waals surface area contributed by atoms with Gasteiger partial charge >= 0.3 is 0 Å².